The normalized spacial score (nSPS) is 18.7. The second-order valence-electron chi connectivity index (χ2n) is 5.52. The van der Waals surface area contributed by atoms with Gasteiger partial charge in [-0.2, -0.15) is 0 Å². The minimum Gasteiger partial charge on any atom is -0.481 e. The Morgan fingerprint density at radius 2 is 2.33 bits per heavy atom. The monoisotopic (exact) mass is 312 g/mol. The van der Waals surface area contributed by atoms with Gasteiger partial charge in [0.1, 0.15) is 5.75 Å². The molecule has 1 heterocycles. The van der Waals surface area contributed by atoms with E-state index in [1.54, 1.807) is 6.92 Å². The second-order valence-corrected chi connectivity index (χ2v) is 5.52. The molecule has 0 spiro atoms. The summed E-state index contributed by atoms with van der Waals surface area (Å²) >= 11 is 0. The molecule has 1 saturated heterocycles. The first-order valence-electron chi connectivity index (χ1n) is 7.37. The lowest BCUT2D eigenvalue weighted by atomic mass is 10.1. The van der Waals surface area contributed by atoms with Crippen LogP contribution in [0.25, 0.3) is 0 Å². The zero-order valence-corrected chi connectivity index (χ0v) is 13.5. The fourth-order valence-electron chi connectivity index (χ4n) is 2.45. The molecule has 2 N–H and O–H groups in total. The van der Waals surface area contributed by atoms with Crippen LogP contribution in [0.2, 0.25) is 0 Å². The largest absolute Gasteiger partial charge is 0.481 e. The van der Waals surface area contributed by atoms with Crippen LogP contribution in [0.4, 0.5) is 0 Å². The van der Waals surface area contributed by atoms with Crippen LogP contribution in [0.1, 0.15) is 25.3 Å². The molecule has 2 unspecified atom stereocenters. The van der Waals surface area contributed by atoms with Crippen molar-refractivity contribution < 1.29 is 9.53 Å². The number of amides is 1. The molecule has 1 amide bonds. The standard InChI is InChI=1S/C16H24N2O2.ClH/c1-12-4-3-5-15(10-12)20-13(2)16(19)18-9-7-14-6-8-17-11-14;/h3-5,10,13-14,17H,6-9,11H2,1-2H3,(H,18,19);1H. The Kier molecular flexibility index (Phi) is 7.54. The van der Waals surface area contributed by atoms with Crippen LogP contribution in [0.5, 0.6) is 5.75 Å². The fourth-order valence-corrected chi connectivity index (χ4v) is 2.45. The van der Waals surface area contributed by atoms with Gasteiger partial charge in [-0.3, -0.25) is 4.79 Å². The van der Waals surface area contributed by atoms with Crippen LogP contribution >= 0.6 is 12.4 Å². The fraction of sp³-hybridized carbons (Fsp3) is 0.562. The molecule has 0 aromatic heterocycles. The molecule has 4 nitrogen and oxygen atoms in total. The van der Waals surface area contributed by atoms with E-state index in [0.717, 1.165) is 37.4 Å². The van der Waals surface area contributed by atoms with Gasteiger partial charge in [0, 0.05) is 6.54 Å². The lowest BCUT2D eigenvalue weighted by Gasteiger charge is -2.16. The average molecular weight is 313 g/mol. The zero-order chi connectivity index (χ0) is 14.4. The number of nitrogens with one attached hydrogen (secondary N) is 2. The predicted molar refractivity (Wildman–Crippen MR) is 87.1 cm³/mol. The van der Waals surface area contributed by atoms with E-state index in [4.69, 9.17) is 4.74 Å². The van der Waals surface area contributed by atoms with Crippen LogP contribution in [0.3, 0.4) is 0 Å². The average Bonchev–Trinajstić information content (AvgIpc) is 2.91. The molecule has 0 aliphatic carbocycles. The van der Waals surface area contributed by atoms with Gasteiger partial charge in [0.05, 0.1) is 0 Å². The summed E-state index contributed by atoms with van der Waals surface area (Å²) in [6.07, 6.45) is 1.79. The van der Waals surface area contributed by atoms with Crippen LogP contribution in [0, 0.1) is 12.8 Å². The molecule has 21 heavy (non-hydrogen) atoms. The highest BCUT2D eigenvalue weighted by Gasteiger charge is 2.17. The lowest BCUT2D eigenvalue weighted by molar-refractivity contribution is -0.127. The number of rotatable bonds is 6. The van der Waals surface area contributed by atoms with Gasteiger partial charge in [-0.1, -0.05) is 12.1 Å². The Morgan fingerprint density at radius 3 is 3.00 bits per heavy atom. The van der Waals surface area contributed by atoms with Crippen LogP contribution < -0.4 is 15.4 Å². The molecule has 5 heteroatoms. The molecule has 0 radical (unpaired) electrons. The number of ether oxygens (including phenoxy) is 1. The van der Waals surface area contributed by atoms with Crippen molar-refractivity contribution in [2.24, 2.45) is 5.92 Å². The van der Waals surface area contributed by atoms with E-state index >= 15 is 0 Å². The summed E-state index contributed by atoms with van der Waals surface area (Å²) in [5.41, 5.74) is 1.13. The molecule has 0 bridgehead atoms. The van der Waals surface area contributed by atoms with Gasteiger partial charge in [0.15, 0.2) is 6.10 Å². The Balaban J connectivity index is 0.00000220. The SMILES string of the molecule is Cc1cccc(OC(C)C(=O)NCCC2CCNC2)c1.Cl. The van der Waals surface area contributed by atoms with Crippen molar-refractivity contribution in [3.63, 3.8) is 0 Å². The highest BCUT2D eigenvalue weighted by atomic mass is 35.5. The molecule has 1 aliphatic rings. The molecule has 1 aromatic rings. The van der Waals surface area contributed by atoms with Gasteiger partial charge in [0.2, 0.25) is 0 Å². The first-order valence-corrected chi connectivity index (χ1v) is 7.37. The highest BCUT2D eigenvalue weighted by Crippen LogP contribution is 2.14. The molecule has 0 saturated carbocycles. The van der Waals surface area contributed by atoms with Crippen molar-refractivity contribution in [3.05, 3.63) is 29.8 Å². The maximum absolute atomic E-state index is 12.0. The van der Waals surface area contributed by atoms with E-state index in [2.05, 4.69) is 10.6 Å². The summed E-state index contributed by atoms with van der Waals surface area (Å²) in [6, 6.07) is 7.75. The number of hydrogen-bond acceptors (Lipinski definition) is 3. The van der Waals surface area contributed by atoms with E-state index < -0.39 is 6.10 Å². The molecule has 1 aromatic carbocycles. The Hall–Kier alpha value is -1.26. The van der Waals surface area contributed by atoms with Crippen molar-refractivity contribution in [1.82, 2.24) is 10.6 Å². The maximum Gasteiger partial charge on any atom is 0.260 e. The van der Waals surface area contributed by atoms with Gasteiger partial charge in [-0.15, -0.1) is 12.4 Å². The van der Waals surface area contributed by atoms with Crippen molar-refractivity contribution in [3.8, 4) is 5.75 Å². The van der Waals surface area contributed by atoms with Gasteiger partial charge < -0.3 is 15.4 Å². The number of carbonyl (C=O) groups is 1. The van der Waals surface area contributed by atoms with Crippen molar-refractivity contribution in [2.45, 2.75) is 32.8 Å². The van der Waals surface area contributed by atoms with Gasteiger partial charge >= 0.3 is 0 Å². The molecule has 1 aliphatic heterocycles. The van der Waals surface area contributed by atoms with E-state index in [-0.39, 0.29) is 18.3 Å². The molecule has 2 rings (SSSR count). The van der Waals surface area contributed by atoms with E-state index in [1.807, 2.05) is 31.2 Å². The summed E-state index contributed by atoms with van der Waals surface area (Å²) < 4.78 is 5.66. The van der Waals surface area contributed by atoms with Crippen LogP contribution in [-0.2, 0) is 4.79 Å². The third kappa shape index (κ3) is 5.94. The molecule has 118 valence electrons. The molecule has 1 fully saturated rings. The third-order valence-electron chi connectivity index (χ3n) is 3.69. The first-order chi connectivity index (χ1) is 9.65. The third-order valence-corrected chi connectivity index (χ3v) is 3.69. The number of aryl methyl sites for hydroxylation is 1. The van der Waals surface area contributed by atoms with Crippen molar-refractivity contribution in [1.29, 1.82) is 0 Å². The van der Waals surface area contributed by atoms with E-state index in [0.29, 0.717) is 5.92 Å². The molecular formula is C16H25ClN2O2. The minimum atomic E-state index is -0.460. The smallest absolute Gasteiger partial charge is 0.260 e. The number of halogens is 1. The summed E-state index contributed by atoms with van der Waals surface area (Å²) in [4.78, 5) is 12.0. The van der Waals surface area contributed by atoms with Gasteiger partial charge in [-0.25, -0.2) is 0 Å². The summed E-state index contributed by atoms with van der Waals surface area (Å²) in [6.45, 7) is 6.70. The van der Waals surface area contributed by atoms with E-state index in [1.165, 1.54) is 6.42 Å². The number of benzene rings is 1. The summed E-state index contributed by atoms with van der Waals surface area (Å²) in [7, 11) is 0. The first kappa shape index (κ1) is 17.8. The summed E-state index contributed by atoms with van der Waals surface area (Å²) in [5, 5.41) is 6.29. The van der Waals surface area contributed by atoms with Crippen molar-refractivity contribution >= 4 is 18.3 Å². The lowest BCUT2D eigenvalue weighted by Crippen LogP contribution is -2.37. The van der Waals surface area contributed by atoms with Gasteiger partial charge in [0.25, 0.3) is 5.91 Å². The highest BCUT2D eigenvalue weighted by molar-refractivity contribution is 5.85. The Morgan fingerprint density at radius 1 is 1.52 bits per heavy atom. The number of hydrogen-bond donors (Lipinski definition) is 2. The second kappa shape index (κ2) is 8.90. The van der Waals surface area contributed by atoms with E-state index in [9.17, 15) is 4.79 Å². The predicted octanol–water partition coefficient (Wildman–Crippen LogP) is 2.30. The Bertz CT molecular complexity index is 448. The molecular weight excluding hydrogens is 288 g/mol. The zero-order valence-electron chi connectivity index (χ0n) is 12.7. The van der Waals surface area contributed by atoms with Crippen molar-refractivity contribution in [2.75, 3.05) is 19.6 Å². The maximum atomic E-state index is 12.0. The quantitative estimate of drug-likeness (QED) is 0.847. The van der Waals surface area contributed by atoms with Crippen LogP contribution in [-0.4, -0.2) is 31.6 Å². The van der Waals surface area contributed by atoms with Gasteiger partial charge in [-0.05, 0) is 63.4 Å². The minimum absolute atomic E-state index is 0. The topological polar surface area (TPSA) is 50.4 Å². The molecule has 2 atom stereocenters. The number of carbonyl (C=O) groups excluding carboxylic acids is 1. The van der Waals surface area contributed by atoms with Crippen LogP contribution in [0.15, 0.2) is 24.3 Å². The Labute approximate surface area is 133 Å². The summed E-state index contributed by atoms with van der Waals surface area (Å²) in [5.74, 6) is 1.40.